The van der Waals surface area contributed by atoms with E-state index in [0.717, 1.165) is 0 Å². The molecule has 0 aliphatic heterocycles. The molecule has 6 rings (SSSR count). The van der Waals surface area contributed by atoms with Gasteiger partial charge in [-0.2, -0.15) is 12.1 Å². The number of hydrogen-bond acceptors (Lipinski definition) is 0. The molecule has 6 aromatic rings. The number of rotatable bonds is 4. The van der Waals surface area contributed by atoms with Crippen LogP contribution in [-0.4, -0.2) is 8.07 Å². The maximum atomic E-state index is 2.58. The first-order valence-electron chi connectivity index (χ1n) is 15.8. The summed E-state index contributed by atoms with van der Waals surface area (Å²) in [7, 11) is -2.41. The molecule has 0 heterocycles. The zero-order valence-electron chi connectivity index (χ0n) is 30.2. The average molecular weight is 787 g/mol. The molecule has 0 aliphatic rings. The van der Waals surface area contributed by atoms with Gasteiger partial charge in [0, 0.05) is 0 Å². The SMILES string of the molecule is Cc1cc(C)cc(-c2cccc3[cH-]c([Si](c4cc5c(-c6cc(C)cc(C)c6)cccc5[cH-]4)(C(C)(C)C)C(C)(C)C)cc23)c1.[CH3-].[CH3-].[Hf+4]. The molecular formula is C44H52HfSi. The Morgan fingerprint density at radius 2 is 0.804 bits per heavy atom. The molecule has 0 spiro atoms. The number of hydrogen-bond donors (Lipinski definition) is 0. The quantitative estimate of drug-likeness (QED) is 0.123. The average Bonchev–Trinajstić information content (AvgIpc) is 3.50. The molecule has 6 aromatic carbocycles. The van der Waals surface area contributed by atoms with Crippen molar-refractivity contribution < 1.29 is 25.8 Å². The van der Waals surface area contributed by atoms with E-state index in [1.165, 1.54) is 66.1 Å². The predicted molar refractivity (Wildman–Crippen MR) is 206 cm³/mol. The fourth-order valence-electron chi connectivity index (χ4n) is 8.69. The van der Waals surface area contributed by atoms with Gasteiger partial charge in [0.25, 0.3) is 0 Å². The fourth-order valence-corrected chi connectivity index (χ4v) is 16.2. The summed E-state index contributed by atoms with van der Waals surface area (Å²) in [6, 6.07) is 37.9. The second-order valence-corrected chi connectivity index (χ2v) is 20.8. The maximum absolute atomic E-state index is 2.58. The minimum atomic E-state index is -2.41. The summed E-state index contributed by atoms with van der Waals surface area (Å²) >= 11 is 0. The zero-order chi connectivity index (χ0) is 30.9. The van der Waals surface area contributed by atoms with Crippen molar-refractivity contribution in [3.05, 3.63) is 134 Å². The van der Waals surface area contributed by atoms with Gasteiger partial charge in [0.1, 0.15) is 0 Å². The molecule has 0 saturated carbocycles. The number of aryl methyl sites for hydroxylation is 4. The van der Waals surface area contributed by atoms with Crippen molar-refractivity contribution in [1.82, 2.24) is 0 Å². The van der Waals surface area contributed by atoms with E-state index < -0.39 is 8.07 Å². The van der Waals surface area contributed by atoms with E-state index in [9.17, 15) is 0 Å². The van der Waals surface area contributed by atoms with E-state index in [-0.39, 0.29) is 50.8 Å². The van der Waals surface area contributed by atoms with Gasteiger partial charge in [0.05, 0.1) is 8.07 Å². The molecule has 0 radical (unpaired) electrons. The molecule has 0 aliphatic carbocycles. The Labute approximate surface area is 299 Å². The molecule has 2 heteroatoms. The zero-order valence-corrected chi connectivity index (χ0v) is 34.8. The van der Waals surface area contributed by atoms with Crippen molar-refractivity contribution >= 4 is 40.0 Å². The van der Waals surface area contributed by atoms with Crippen LogP contribution in [0.2, 0.25) is 10.1 Å². The third-order valence-corrected chi connectivity index (χ3v) is 16.5. The molecule has 0 bridgehead atoms. The Morgan fingerprint density at radius 3 is 1.11 bits per heavy atom. The predicted octanol–water partition coefficient (Wildman–Crippen LogP) is 12.1. The molecule has 236 valence electrons. The molecule has 0 aromatic heterocycles. The summed E-state index contributed by atoms with van der Waals surface area (Å²) < 4.78 is 0. The largest absolute Gasteiger partial charge is 4.00 e. The molecule has 0 nitrogen and oxygen atoms in total. The summed E-state index contributed by atoms with van der Waals surface area (Å²) in [4.78, 5) is 0. The van der Waals surface area contributed by atoms with Crippen LogP contribution in [0.3, 0.4) is 0 Å². The van der Waals surface area contributed by atoms with Crippen LogP contribution in [0.25, 0.3) is 43.8 Å². The first kappa shape index (κ1) is 37.6. The molecule has 0 amide bonds. The van der Waals surface area contributed by atoms with Crippen LogP contribution in [-0.2, 0) is 25.8 Å². The van der Waals surface area contributed by atoms with Gasteiger partial charge in [-0.05, 0) is 48.9 Å². The summed E-state index contributed by atoms with van der Waals surface area (Å²) in [5.74, 6) is 0. The minimum absolute atomic E-state index is 0. The normalized spacial score (nSPS) is 12.0. The van der Waals surface area contributed by atoms with Crippen LogP contribution >= 0.6 is 0 Å². The molecule has 0 atom stereocenters. The van der Waals surface area contributed by atoms with E-state index in [1.54, 1.807) is 10.4 Å². The molecule has 0 N–H and O–H groups in total. The van der Waals surface area contributed by atoms with Gasteiger partial charge >= 0.3 is 25.8 Å². The molecule has 46 heavy (non-hydrogen) atoms. The van der Waals surface area contributed by atoms with Crippen molar-refractivity contribution in [2.45, 2.75) is 79.3 Å². The van der Waals surface area contributed by atoms with Crippen molar-refractivity contribution in [2.24, 2.45) is 0 Å². The molecule has 0 saturated heterocycles. The van der Waals surface area contributed by atoms with Gasteiger partial charge < -0.3 is 14.9 Å². The second kappa shape index (κ2) is 13.4. The van der Waals surface area contributed by atoms with Gasteiger partial charge in [0.15, 0.2) is 0 Å². The van der Waals surface area contributed by atoms with Gasteiger partial charge in [-0.1, -0.05) is 123 Å². The van der Waals surface area contributed by atoms with Crippen LogP contribution in [0.15, 0.2) is 97.1 Å². The first-order valence-corrected chi connectivity index (χ1v) is 17.8. The standard InChI is InChI=1S/C42H46Si.2CH3.Hf/c1-27-17-28(2)20-33(19-27)37-15-11-13-31-23-35(25-39(31)37)43(41(5,6)7,42(8,9)10)36-24-32-14-12-16-38(40(32)26-36)34-21-29(3)18-30(4)22-34;;;/h11-26H,1-10H3;2*1H3;/q-2;2*-1;+4. The molecular weight excluding hydrogens is 735 g/mol. The van der Waals surface area contributed by atoms with Gasteiger partial charge in [-0.15, -0.1) is 68.3 Å². The summed E-state index contributed by atoms with van der Waals surface area (Å²) in [5.41, 5.74) is 10.6. The Bertz CT molecular complexity index is 1800. The van der Waals surface area contributed by atoms with Crippen LogP contribution in [0.4, 0.5) is 0 Å². The Balaban J connectivity index is 0.00000192. The Kier molecular flexibility index (Phi) is 10.9. The summed E-state index contributed by atoms with van der Waals surface area (Å²) in [5, 5.41) is 8.71. The second-order valence-electron chi connectivity index (χ2n) is 15.1. The van der Waals surface area contributed by atoms with Crippen molar-refractivity contribution in [3.8, 4) is 22.3 Å². The van der Waals surface area contributed by atoms with E-state index >= 15 is 0 Å². The van der Waals surface area contributed by atoms with Crippen LogP contribution < -0.4 is 10.4 Å². The Morgan fingerprint density at radius 1 is 0.478 bits per heavy atom. The van der Waals surface area contributed by atoms with Crippen LogP contribution in [0.5, 0.6) is 0 Å². The summed E-state index contributed by atoms with van der Waals surface area (Å²) in [6.45, 7) is 23.8. The topological polar surface area (TPSA) is 0 Å². The van der Waals surface area contributed by atoms with E-state index in [1.807, 2.05) is 0 Å². The summed E-state index contributed by atoms with van der Waals surface area (Å²) in [6.07, 6.45) is 0. The smallest absolute Gasteiger partial charge is 0.358 e. The molecule has 0 fully saturated rings. The number of fused-ring (bicyclic) bond motifs is 2. The van der Waals surface area contributed by atoms with Gasteiger partial charge in [0.2, 0.25) is 0 Å². The third kappa shape index (κ3) is 6.25. The number of benzene rings is 4. The van der Waals surface area contributed by atoms with Gasteiger partial charge in [-0.3, -0.25) is 0 Å². The Hall–Kier alpha value is -2.81. The fraction of sp³-hybridized carbons (Fsp3) is 0.273. The van der Waals surface area contributed by atoms with E-state index in [4.69, 9.17) is 0 Å². The maximum Gasteiger partial charge on any atom is 4.00 e. The van der Waals surface area contributed by atoms with Crippen LogP contribution in [0, 0.1) is 42.5 Å². The third-order valence-electron chi connectivity index (χ3n) is 9.68. The van der Waals surface area contributed by atoms with E-state index in [2.05, 4.69) is 166 Å². The monoisotopic (exact) mass is 788 g/mol. The van der Waals surface area contributed by atoms with Crippen molar-refractivity contribution in [2.75, 3.05) is 0 Å². The minimum Gasteiger partial charge on any atom is -0.358 e. The van der Waals surface area contributed by atoms with Crippen molar-refractivity contribution in [1.29, 1.82) is 0 Å². The first-order chi connectivity index (χ1) is 20.2. The molecule has 0 unspecified atom stereocenters. The van der Waals surface area contributed by atoms with Crippen LogP contribution in [0.1, 0.15) is 63.8 Å². The van der Waals surface area contributed by atoms with E-state index in [0.29, 0.717) is 0 Å². The van der Waals surface area contributed by atoms with Crippen molar-refractivity contribution in [3.63, 3.8) is 0 Å². The van der Waals surface area contributed by atoms with Gasteiger partial charge in [-0.25, -0.2) is 0 Å².